The van der Waals surface area contributed by atoms with Crippen LogP contribution in [-0.2, 0) is 4.74 Å². The first-order chi connectivity index (χ1) is 9.13. The summed E-state index contributed by atoms with van der Waals surface area (Å²) in [6.07, 6.45) is 4.90. The van der Waals surface area contributed by atoms with Crippen LogP contribution in [0.4, 0.5) is 4.39 Å². The van der Waals surface area contributed by atoms with Gasteiger partial charge < -0.3 is 4.74 Å². The van der Waals surface area contributed by atoms with Crippen LogP contribution < -0.4 is 0 Å². The lowest BCUT2D eigenvalue weighted by molar-refractivity contribution is 0.0314. The molecule has 2 nitrogen and oxygen atoms in total. The fourth-order valence-electron chi connectivity index (χ4n) is 2.79. The number of carbonyl (C=O) groups excluding carboxylic acids is 1. The van der Waals surface area contributed by atoms with Crippen molar-refractivity contribution in [1.82, 2.24) is 0 Å². The number of ketones is 1. The average molecular weight is 285 g/mol. The average Bonchev–Trinajstić information content (AvgIpc) is 2.43. The molecule has 1 atom stereocenters. The highest BCUT2D eigenvalue weighted by atomic mass is 35.5. The maximum atomic E-state index is 13.3. The fourth-order valence-corrected chi connectivity index (χ4v) is 3.00. The number of methoxy groups -OCH3 is 1. The molecule has 0 aromatic heterocycles. The second-order valence-electron chi connectivity index (χ2n) is 5.04. The van der Waals surface area contributed by atoms with Crippen molar-refractivity contribution in [2.75, 3.05) is 7.11 Å². The molecule has 19 heavy (non-hydrogen) atoms. The summed E-state index contributed by atoms with van der Waals surface area (Å²) in [5.41, 5.74) is 0.221. The standard InChI is InChI=1S/C15H18ClFO2/c1-19-15(10-5-3-2-4-6-10)14(18)12-9-11(17)7-8-13(12)16/h7-10,15H,2-6H2,1H3. The highest BCUT2D eigenvalue weighted by molar-refractivity contribution is 6.34. The molecule has 1 aromatic carbocycles. The maximum absolute atomic E-state index is 13.3. The van der Waals surface area contributed by atoms with Gasteiger partial charge in [0.25, 0.3) is 0 Å². The second kappa shape index (κ2) is 6.49. The van der Waals surface area contributed by atoms with Gasteiger partial charge >= 0.3 is 0 Å². The third-order valence-electron chi connectivity index (χ3n) is 3.78. The minimum Gasteiger partial charge on any atom is -0.373 e. The van der Waals surface area contributed by atoms with Gasteiger partial charge in [0.15, 0.2) is 5.78 Å². The molecule has 0 N–H and O–H groups in total. The molecule has 0 aliphatic heterocycles. The summed E-state index contributed by atoms with van der Waals surface area (Å²) in [5, 5.41) is 0.282. The number of Topliss-reactive ketones (excluding diaryl/α,β-unsaturated/α-hetero) is 1. The maximum Gasteiger partial charge on any atom is 0.193 e. The molecule has 1 saturated carbocycles. The number of ether oxygens (including phenoxy) is 1. The van der Waals surface area contributed by atoms with Crippen molar-refractivity contribution in [1.29, 1.82) is 0 Å². The summed E-state index contributed by atoms with van der Waals surface area (Å²) < 4.78 is 18.6. The summed E-state index contributed by atoms with van der Waals surface area (Å²) >= 11 is 5.99. The Labute approximate surface area is 117 Å². The summed E-state index contributed by atoms with van der Waals surface area (Å²) in [6, 6.07) is 3.86. The normalized spacial score (nSPS) is 18.3. The van der Waals surface area contributed by atoms with E-state index in [1.54, 1.807) is 0 Å². The van der Waals surface area contributed by atoms with E-state index in [1.807, 2.05) is 0 Å². The van der Waals surface area contributed by atoms with Crippen LogP contribution in [0.2, 0.25) is 5.02 Å². The number of halogens is 2. The lowest BCUT2D eigenvalue weighted by atomic mass is 9.82. The molecule has 0 radical (unpaired) electrons. The van der Waals surface area contributed by atoms with Crippen molar-refractivity contribution in [3.05, 3.63) is 34.6 Å². The largest absolute Gasteiger partial charge is 0.373 e. The van der Waals surface area contributed by atoms with Crippen molar-refractivity contribution in [3.63, 3.8) is 0 Å². The number of carbonyl (C=O) groups is 1. The molecule has 0 amide bonds. The third kappa shape index (κ3) is 3.34. The van der Waals surface area contributed by atoms with E-state index in [0.29, 0.717) is 0 Å². The van der Waals surface area contributed by atoms with Crippen LogP contribution in [0, 0.1) is 11.7 Å². The van der Waals surface area contributed by atoms with Gasteiger partial charge in [0.2, 0.25) is 0 Å². The number of rotatable bonds is 4. The minimum atomic E-state index is -0.514. The Kier molecular flexibility index (Phi) is 4.94. The molecular formula is C15H18ClFO2. The Balaban J connectivity index is 2.22. The van der Waals surface area contributed by atoms with Crippen molar-refractivity contribution < 1.29 is 13.9 Å². The molecule has 4 heteroatoms. The van der Waals surface area contributed by atoms with Crippen molar-refractivity contribution in [2.24, 2.45) is 5.92 Å². The van der Waals surface area contributed by atoms with Crippen LogP contribution in [0.5, 0.6) is 0 Å². The highest BCUT2D eigenvalue weighted by Gasteiger charge is 2.31. The van der Waals surface area contributed by atoms with Gasteiger partial charge in [0, 0.05) is 12.7 Å². The van der Waals surface area contributed by atoms with E-state index in [0.717, 1.165) is 25.7 Å². The smallest absolute Gasteiger partial charge is 0.193 e. The molecule has 1 fully saturated rings. The van der Waals surface area contributed by atoms with Crippen molar-refractivity contribution in [3.8, 4) is 0 Å². The third-order valence-corrected chi connectivity index (χ3v) is 4.11. The van der Waals surface area contributed by atoms with Crippen LogP contribution in [-0.4, -0.2) is 19.0 Å². The lowest BCUT2D eigenvalue weighted by Gasteiger charge is -2.28. The van der Waals surface area contributed by atoms with E-state index in [2.05, 4.69) is 0 Å². The van der Waals surface area contributed by atoms with Gasteiger partial charge in [-0.25, -0.2) is 4.39 Å². The molecule has 1 aliphatic rings. The molecule has 1 aliphatic carbocycles. The Hall–Kier alpha value is -0.930. The van der Waals surface area contributed by atoms with Crippen LogP contribution >= 0.6 is 11.6 Å². The van der Waals surface area contributed by atoms with Gasteiger partial charge in [-0.05, 0) is 37.0 Å². The number of hydrogen-bond donors (Lipinski definition) is 0. The number of benzene rings is 1. The molecular weight excluding hydrogens is 267 g/mol. The Morgan fingerprint density at radius 2 is 2.05 bits per heavy atom. The predicted octanol–water partition coefficient (Wildman–Crippen LogP) is 4.26. The van der Waals surface area contributed by atoms with Gasteiger partial charge in [0.1, 0.15) is 11.9 Å². The predicted molar refractivity (Wildman–Crippen MR) is 73.1 cm³/mol. The van der Waals surface area contributed by atoms with Gasteiger partial charge in [-0.15, -0.1) is 0 Å². The first-order valence-electron chi connectivity index (χ1n) is 6.65. The summed E-state index contributed by atoms with van der Waals surface area (Å²) in [6.45, 7) is 0. The molecule has 0 bridgehead atoms. The minimum absolute atomic E-state index is 0.209. The van der Waals surface area contributed by atoms with Crippen LogP contribution in [0.25, 0.3) is 0 Å². The molecule has 0 heterocycles. The zero-order chi connectivity index (χ0) is 13.8. The first kappa shape index (κ1) is 14.5. The van der Waals surface area contributed by atoms with Crippen LogP contribution in [0.1, 0.15) is 42.5 Å². The Morgan fingerprint density at radius 3 is 2.68 bits per heavy atom. The van der Waals surface area contributed by atoms with E-state index in [1.165, 1.54) is 31.7 Å². The van der Waals surface area contributed by atoms with Crippen LogP contribution in [0.15, 0.2) is 18.2 Å². The molecule has 0 spiro atoms. The van der Waals surface area contributed by atoms with Gasteiger partial charge in [-0.1, -0.05) is 30.9 Å². The Morgan fingerprint density at radius 1 is 1.37 bits per heavy atom. The van der Waals surface area contributed by atoms with Crippen molar-refractivity contribution >= 4 is 17.4 Å². The number of hydrogen-bond acceptors (Lipinski definition) is 2. The van der Waals surface area contributed by atoms with Gasteiger partial charge in [-0.3, -0.25) is 4.79 Å². The fraction of sp³-hybridized carbons (Fsp3) is 0.533. The molecule has 1 aromatic rings. The first-order valence-corrected chi connectivity index (χ1v) is 7.03. The lowest BCUT2D eigenvalue weighted by Crippen LogP contribution is -2.33. The zero-order valence-corrected chi connectivity index (χ0v) is 11.8. The zero-order valence-electron chi connectivity index (χ0n) is 11.0. The Bertz CT molecular complexity index is 455. The molecule has 2 rings (SSSR count). The second-order valence-corrected chi connectivity index (χ2v) is 5.45. The molecule has 1 unspecified atom stereocenters. The van der Waals surface area contributed by atoms with Gasteiger partial charge in [-0.2, -0.15) is 0 Å². The summed E-state index contributed by atoms with van der Waals surface area (Å²) in [7, 11) is 1.53. The topological polar surface area (TPSA) is 26.3 Å². The van der Waals surface area contributed by atoms with Gasteiger partial charge in [0.05, 0.1) is 5.02 Å². The SMILES string of the molecule is COC(C(=O)c1cc(F)ccc1Cl)C1CCCCC1. The van der Waals surface area contributed by atoms with E-state index < -0.39 is 11.9 Å². The van der Waals surface area contributed by atoms with E-state index >= 15 is 0 Å². The van der Waals surface area contributed by atoms with Crippen LogP contribution in [0.3, 0.4) is 0 Å². The molecule has 0 saturated heterocycles. The van der Waals surface area contributed by atoms with E-state index in [-0.39, 0.29) is 22.3 Å². The molecule has 104 valence electrons. The highest BCUT2D eigenvalue weighted by Crippen LogP contribution is 2.30. The summed E-state index contributed by atoms with van der Waals surface area (Å²) in [5.74, 6) is -0.448. The quantitative estimate of drug-likeness (QED) is 0.772. The monoisotopic (exact) mass is 284 g/mol. The summed E-state index contributed by atoms with van der Waals surface area (Å²) in [4.78, 5) is 12.5. The van der Waals surface area contributed by atoms with E-state index in [4.69, 9.17) is 16.3 Å². The van der Waals surface area contributed by atoms with E-state index in [9.17, 15) is 9.18 Å². The van der Waals surface area contributed by atoms with Crippen molar-refractivity contribution in [2.45, 2.75) is 38.2 Å².